The van der Waals surface area contributed by atoms with Crippen LogP contribution >= 0.6 is 23.5 Å². The molecule has 6 nitrogen and oxygen atoms in total. The van der Waals surface area contributed by atoms with Crippen LogP contribution in [0.1, 0.15) is 10.3 Å². The minimum Gasteiger partial charge on any atom is -0.395 e. The van der Waals surface area contributed by atoms with Gasteiger partial charge in [-0.2, -0.15) is 0 Å². The summed E-state index contributed by atoms with van der Waals surface area (Å²) in [5.74, 6) is 0. The molecule has 1 aromatic rings. The van der Waals surface area contributed by atoms with Gasteiger partial charge in [0.2, 0.25) is 0 Å². The average Bonchev–Trinajstić information content (AvgIpc) is 2.76. The van der Waals surface area contributed by atoms with Crippen LogP contribution in [0.25, 0.3) is 0 Å². The lowest BCUT2D eigenvalue weighted by atomic mass is 10.3. The van der Waals surface area contributed by atoms with Crippen LogP contribution in [-0.2, 0) is 0 Å². The molecule has 100 valence electrons. The van der Waals surface area contributed by atoms with Crippen LogP contribution in [0.5, 0.6) is 0 Å². The predicted molar refractivity (Wildman–Crippen MR) is 72.0 cm³/mol. The number of aromatic amines is 1. The van der Waals surface area contributed by atoms with Crippen LogP contribution in [0, 0.1) is 6.92 Å². The molecule has 2 atom stereocenters. The number of hydrogen-bond donors (Lipinski definition) is 3. The van der Waals surface area contributed by atoms with Gasteiger partial charge in [-0.05, 0) is 6.92 Å². The van der Waals surface area contributed by atoms with Gasteiger partial charge in [0.05, 0.1) is 13.2 Å². The molecular weight excluding hydrogens is 276 g/mol. The Bertz CT molecular complexity index is 529. The van der Waals surface area contributed by atoms with Gasteiger partial charge in [-0.3, -0.25) is 14.3 Å². The van der Waals surface area contributed by atoms with Crippen LogP contribution in [0.2, 0.25) is 0 Å². The monoisotopic (exact) mass is 290 g/mol. The summed E-state index contributed by atoms with van der Waals surface area (Å²) < 4.78 is 1.20. The van der Waals surface area contributed by atoms with E-state index in [0.717, 1.165) is 0 Å². The summed E-state index contributed by atoms with van der Waals surface area (Å²) in [7, 11) is 0. The minimum absolute atomic E-state index is 0.0452. The van der Waals surface area contributed by atoms with E-state index in [1.807, 2.05) is 0 Å². The number of aryl methyl sites for hydroxylation is 1. The SMILES string of the molecule is Cc1cn(C2S[C@H](CO)[C@@H](CO)S2)c(=O)[nH]c1=O. The second kappa shape index (κ2) is 5.52. The van der Waals surface area contributed by atoms with E-state index in [0.29, 0.717) is 5.56 Å². The number of H-pyrrole nitrogens is 1. The summed E-state index contributed by atoms with van der Waals surface area (Å²) >= 11 is 2.84. The molecule has 3 N–H and O–H groups in total. The highest BCUT2D eigenvalue weighted by Gasteiger charge is 2.36. The van der Waals surface area contributed by atoms with Crippen molar-refractivity contribution in [1.82, 2.24) is 9.55 Å². The van der Waals surface area contributed by atoms with Crippen molar-refractivity contribution >= 4 is 23.5 Å². The van der Waals surface area contributed by atoms with Crippen molar-refractivity contribution in [3.8, 4) is 0 Å². The first-order chi connectivity index (χ1) is 8.56. The molecule has 0 saturated carbocycles. The van der Waals surface area contributed by atoms with Crippen molar-refractivity contribution in [2.45, 2.75) is 22.1 Å². The van der Waals surface area contributed by atoms with E-state index < -0.39 is 5.69 Å². The van der Waals surface area contributed by atoms with E-state index in [-0.39, 0.29) is 34.0 Å². The number of rotatable bonds is 3. The number of nitrogens with zero attached hydrogens (tertiary/aromatic N) is 1. The predicted octanol–water partition coefficient (Wildman–Crippen LogP) is -0.497. The lowest BCUT2D eigenvalue weighted by molar-refractivity contribution is 0.254. The number of hydrogen-bond acceptors (Lipinski definition) is 6. The molecule has 0 radical (unpaired) electrons. The fourth-order valence-electron chi connectivity index (χ4n) is 1.70. The average molecular weight is 290 g/mol. The van der Waals surface area contributed by atoms with Crippen LogP contribution < -0.4 is 11.2 Å². The Labute approximate surface area is 111 Å². The van der Waals surface area contributed by atoms with Crippen molar-refractivity contribution in [3.05, 3.63) is 32.6 Å². The van der Waals surface area contributed by atoms with E-state index >= 15 is 0 Å². The van der Waals surface area contributed by atoms with Crippen LogP contribution in [0.4, 0.5) is 0 Å². The Morgan fingerprint density at radius 2 is 1.83 bits per heavy atom. The fraction of sp³-hybridized carbons (Fsp3) is 0.600. The van der Waals surface area contributed by atoms with Gasteiger partial charge in [0.1, 0.15) is 4.71 Å². The van der Waals surface area contributed by atoms with E-state index in [9.17, 15) is 19.8 Å². The Morgan fingerprint density at radius 3 is 2.33 bits per heavy atom. The van der Waals surface area contributed by atoms with Crippen LogP contribution in [0.3, 0.4) is 0 Å². The summed E-state index contributed by atoms with van der Waals surface area (Å²) in [6.45, 7) is 1.54. The quantitative estimate of drug-likeness (QED) is 0.695. The molecule has 1 fully saturated rings. The third-order valence-corrected chi connectivity index (χ3v) is 6.14. The molecule has 0 bridgehead atoms. The van der Waals surface area contributed by atoms with Gasteiger partial charge in [-0.25, -0.2) is 4.79 Å². The molecule has 0 spiro atoms. The third kappa shape index (κ3) is 2.51. The number of nitrogens with one attached hydrogen (secondary N) is 1. The Balaban J connectivity index is 2.31. The Hall–Kier alpha value is -0.700. The molecule has 1 saturated heterocycles. The summed E-state index contributed by atoms with van der Waals surface area (Å²) in [4.78, 5) is 25.3. The highest BCUT2D eigenvalue weighted by Crippen LogP contribution is 2.49. The van der Waals surface area contributed by atoms with E-state index in [1.165, 1.54) is 34.3 Å². The zero-order chi connectivity index (χ0) is 13.3. The van der Waals surface area contributed by atoms with E-state index in [4.69, 9.17) is 0 Å². The molecule has 8 heteroatoms. The lowest BCUT2D eigenvalue weighted by Crippen LogP contribution is -2.31. The van der Waals surface area contributed by atoms with Gasteiger partial charge in [0.15, 0.2) is 0 Å². The zero-order valence-corrected chi connectivity index (χ0v) is 11.3. The molecule has 18 heavy (non-hydrogen) atoms. The lowest BCUT2D eigenvalue weighted by Gasteiger charge is -2.12. The van der Waals surface area contributed by atoms with Gasteiger partial charge in [-0.1, -0.05) is 0 Å². The molecule has 0 unspecified atom stereocenters. The molecule has 1 aliphatic heterocycles. The molecule has 1 aliphatic rings. The minimum atomic E-state index is -0.467. The maximum Gasteiger partial charge on any atom is 0.329 e. The third-order valence-electron chi connectivity index (χ3n) is 2.73. The van der Waals surface area contributed by atoms with Gasteiger partial charge >= 0.3 is 5.69 Å². The molecule has 2 heterocycles. The number of aliphatic hydroxyl groups excluding tert-OH is 2. The Kier molecular flexibility index (Phi) is 4.21. The van der Waals surface area contributed by atoms with Crippen molar-refractivity contribution in [3.63, 3.8) is 0 Å². The van der Waals surface area contributed by atoms with Gasteiger partial charge in [0.25, 0.3) is 5.56 Å². The summed E-state index contributed by atoms with van der Waals surface area (Å²) in [6, 6.07) is 0. The first-order valence-electron chi connectivity index (χ1n) is 5.41. The number of thioether (sulfide) groups is 2. The van der Waals surface area contributed by atoms with Crippen molar-refractivity contribution < 1.29 is 10.2 Å². The molecule has 2 rings (SSSR count). The van der Waals surface area contributed by atoms with E-state index in [1.54, 1.807) is 6.92 Å². The summed E-state index contributed by atoms with van der Waals surface area (Å²) in [5.41, 5.74) is -0.392. The second-order valence-electron chi connectivity index (χ2n) is 4.00. The van der Waals surface area contributed by atoms with Crippen LogP contribution in [0.15, 0.2) is 15.8 Å². The molecular formula is C10H14N2O4S2. The first kappa shape index (κ1) is 13.7. The van der Waals surface area contributed by atoms with Crippen molar-refractivity contribution in [2.24, 2.45) is 0 Å². The van der Waals surface area contributed by atoms with Gasteiger partial charge < -0.3 is 10.2 Å². The zero-order valence-electron chi connectivity index (χ0n) is 9.70. The number of aliphatic hydroxyl groups is 2. The molecule has 1 aromatic heterocycles. The van der Waals surface area contributed by atoms with E-state index in [2.05, 4.69) is 4.98 Å². The highest BCUT2D eigenvalue weighted by atomic mass is 32.2. The number of aromatic nitrogens is 2. The maximum absolute atomic E-state index is 11.7. The van der Waals surface area contributed by atoms with Crippen LogP contribution in [-0.4, -0.2) is 43.5 Å². The molecule has 0 aromatic carbocycles. The van der Waals surface area contributed by atoms with Crippen molar-refractivity contribution in [1.29, 1.82) is 0 Å². The summed E-state index contributed by atoms with van der Waals surface area (Å²) in [5, 5.41) is 18.2. The maximum atomic E-state index is 11.7. The fourth-order valence-corrected chi connectivity index (χ4v) is 5.07. The first-order valence-corrected chi connectivity index (χ1v) is 7.30. The highest BCUT2D eigenvalue weighted by molar-refractivity contribution is 8.19. The second-order valence-corrected chi connectivity index (χ2v) is 6.95. The largest absolute Gasteiger partial charge is 0.395 e. The topological polar surface area (TPSA) is 95.3 Å². The summed E-state index contributed by atoms with van der Waals surface area (Å²) in [6.07, 6.45) is 1.51. The smallest absolute Gasteiger partial charge is 0.329 e. The normalized spacial score (nSPS) is 24.6. The molecule has 0 amide bonds. The van der Waals surface area contributed by atoms with Crippen molar-refractivity contribution in [2.75, 3.05) is 13.2 Å². The van der Waals surface area contributed by atoms with Gasteiger partial charge in [-0.15, -0.1) is 23.5 Å². The van der Waals surface area contributed by atoms with Gasteiger partial charge in [0, 0.05) is 22.3 Å². The Morgan fingerprint density at radius 1 is 1.28 bits per heavy atom. The standard InChI is InChI=1S/C10H14N2O4S2/c1-5-2-12(9(16)11-8(5)15)10-17-6(3-13)7(4-14)18-10/h2,6-7,10,13-14H,3-4H2,1H3,(H,11,15,16)/t6-,7-/m1/s1. The molecule has 0 aliphatic carbocycles.